The molecule has 0 heterocycles. The minimum absolute atomic E-state index is 0.147. The van der Waals surface area contributed by atoms with E-state index in [4.69, 9.17) is 32.5 Å². The van der Waals surface area contributed by atoms with Gasteiger partial charge in [-0.2, -0.15) is 0 Å². The fourth-order valence-corrected chi connectivity index (χ4v) is 1.76. The lowest BCUT2D eigenvalue weighted by atomic mass is 10.1. The number of methoxy groups -OCH3 is 1. The number of hydrogen-bond acceptors (Lipinski definition) is 4. The average Bonchev–Trinajstić information content (AvgIpc) is 2.31. The van der Waals surface area contributed by atoms with Gasteiger partial charge >= 0.3 is 0 Å². The first-order valence-electron chi connectivity index (χ1n) is 5.56. The Morgan fingerprint density at radius 3 is 2.72 bits per heavy atom. The highest BCUT2D eigenvalue weighted by Gasteiger charge is 2.12. The molecule has 1 aromatic carbocycles. The smallest absolute Gasteiger partial charge is 0.220 e. The highest BCUT2D eigenvalue weighted by molar-refractivity contribution is 6.30. The number of nitrogens with two attached hydrogens (primary N) is 2. The summed E-state index contributed by atoms with van der Waals surface area (Å²) in [5.74, 6) is 0.673. The molecule has 0 aromatic heterocycles. The molecular formula is C12H17ClN2O3. The average molecular weight is 273 g/mol. The Morgan fingerprint density at radius 1 is 1.44 bits per heavy atom. The van der Waals surface area contributed by atoms with Crippen molar-refractivity contribution in [2.24, 2.45) is 11.5 Å². The molecule has 0 bridgehead atoms. The van der Waals surface area contributed by atoms with Gasteiger partial charge < -0.3 is 20.9 Å². The summed E-state index contributed by atoms with van der Waals surface area (Å²) < 4.78 is 10.7. The number of rotatable bonds is 7. The number of carbonyl (C=O) groups excluding carboxylic acids is 1. The van der Waals surface area contributed by atoms with Crippen LogP contribution < -0.4 is 20.9 Å². The van der Waals surface area contributed by atoms with Gasteiger partial charge in [-0.15, -0.1) is 0 Å². The van der Waals surface area contributed by atoms with Crippen LogP contribution in [0, 0.1) is 0 Å². The van der Waals surface area contributed by atoms with Gasteiger partial charge in [0, 0.05) is 16.7 Å². The zero-order chi connectivity index (χ0) is 13.5. The van der Waals surface area contributed by atoms with Gasteiger partial charge in [-0.1, -0.05) is 11.6 Å². The van der Waals surface area contributed by atoms with E-state index in [0.29, 0.717) is 29.5 Å². The van der Waals surface area contributed by atoms with Gasteiger partial charge in [-0.05, 0) is 19.0 Å². The molecule has 5 nitrogen and oxygen atoms in total. The van der Waals surface area contributed by atoms with Crippen LogP contribution in [0.4, 0.5) is 0 Å². The first-order chi connectivity index (χ1) is 8.58. The lowest BCUT2D eigenvalue weighted by Crippen LogP contribution is -2.15. The maximum atomic E-state index is 10.7. The largest absolute Gasteiger partial charge is 0.493 e. The molecule has 100 valence electrons. The zero-order valence-corrected chi connectivity index (χ0v) is 11.0. The molecule has 0 aliphatic heterocycles. The number of hydrogen-bond donors (Lipinski definition) is 2. The van der Waals surface area contributed by atoms with Crippen molar-refractivity contribution in [2.45, 2.75) is 12.8 Å². The van der Waals surface area contributed by atoms with Crippen LogP contribution in [0.15, 0.2) is 12.1 Å². The predicted molar refractivity (Wildman–Crippen MR) is 70.1 cm³/mol. The van der Waals surface area contributed by atoms with E-state index in [9.17, 15) is 4.79 Å². The fourth-order valence-electron chi connectivity index (χ4n) is 1.53. The van der Waals surface area contributed by atoms with Crippen molar-refractivity contribution in [3.05, 3.63) is 22.7 Å². The predicted octanol–water partition coefficient (Wildman–Crippen LogP) is 1.10. The normalized spacial score (nSPS) is 10.2. The van der Waals surface area contributed by atoms with Crippen LogP contribution in [0.25, 0.3) is 0 Å². The minimum atomic E-state index is -0.414. The van der Waals surface area contributed by atoms with Gasteiger partial charge in [0.1, 0.15) is 0 Å². The molecule has 1 rings (SSSR count). The molecule has 0 saturated heterocycles. The van der Waals surface area contributed by atoms with Crippen molar-refractivity contribution in [2.75, 3.05) is 20.3 Å². The standard InChI is InChI=1S/C12H17ClN2O3/c1-17-10-7-9(13)6-8(2-4-14)12(10)18-5-3-11(15)16/h6-7H,2-5,14H2,1H3,(H2,15,16). The number of carbonyl (C=O) groups is 1. The van der Waals surface area contributed by atoms with Gasteiger partial charge in [0.25, 0.3) is 0 Å². The highest BCUT2D eigenvalue weighted by atomic mass is 35.5. The van der Waals surface area contributed by atoms with Crippen molar-refractivity contribution >= 4 is 17.5 Å². The fraction of sp³-hybridized carbons (Fsp3) is 0.417. The maximum absolute atomic E-state index is 10.7. The van der Waals surface area contributed by atoms with E-state index in [1.54, 1.807) is 12.1 Å². The molecule has 4 N–H and O–H groups in total. The molecule has 0 aliphatic carbocycles. The first kappa shape index (κ1) is 14.6. The summed E-state index contributed by atoms with van der Waals surface area (Å²) in [6, 6.07) is 3.43. The third-order valence-electron chi connectivity index (χ3n) is 2.32. The van der Waals surface area contributed by atoms with Crippen LogP contribution in [0.1, 0.15) is 12.0 Å². The van der Waals surface area contributed by atoms with Crippen molar-refractivity contribution in [3.8, 4) is 11.5 Å². The van der Waals surface area contributed by atoms with Gasteiger partial charge in [0.2, 0.25) is 5.91 Å². The lowest BCUT2D eigenvalue weighted by molar-refractivity contribution is -0.118. The maximum Gasteiger partial charge on any atom is 0.220 e. The number of halogens is 1. The third-order valence-corrected chi connectivity index (χ3v) is 2.54. The molecule has 6 heteroatoms. The Bertz CT molecular complexity index is 424. The monoisotopic (exact) mass is 272 g/mol. The van der Waals surface area contributed by atoms with Crippen molar-refractivity contribution in [1.82, 2.24) is 0 Å². The summed E-state index contributed by atoms with van der Waals surface area (Å²) in [6.07, 6.45) is 0.761. The van der Waals surface area contributed by atoms with Crippen LogP contribution in [0.5, 0.6) is 11.5 Å². The Labute approximate surface area is 111 Å². The topological polar surface area (TPSA) is 87.6 Å². The van der Waals surface area contributed by atoms with Crippen LogP contribution >= 0.6 is 11.6 Å². The Hall–Kier alpha value is -1.46. The molecule has 0 spiro atoms. The number of primary amides is 1. The number of amides is 1. The zero-order valence-electron chi connectivity index (χ0n) is 10.2. The molecule has 0 atom stereocenters. The Kier molecular flexibility index (Phi) is 5.74. The molecule has 0 unspecified atom stereocenters. The van der Waals surface area contributed by atoms with E-state index in [1.807, 2.05) is 0 Å². The molecule has 0 fully saturated rings. The van der Waals surface area contributed by atoms with Crippen LogP contribution in [-0.2, 0) is 11.2 Å². The Morgan fingerprint density at radius 2 is 2.17 bits per heavy atom. The van der Waals surface area contributed by atoms with Gasteiger partial charge in [-0.3, -0.25) is 4.79 Å². The van der Waals surface area contributed by atoms with Crippen LogP contribution in [0.2, 0.25) is 5.02 Å². The second kappa shape index (κ2) is 7.08. The van der Waals surface area contributed by atoms with Crippen molar-refractivity contribution in [1.29, 1.82) is 0 Å². The van der Waals surface area contributed by atoms with E-state index in [-0.39, 0.29) is 13.0 Å². The number of ether oxygens (including phenoxy) is 2. The summed E-state index contributed by atoms with van der Waals surface area (Å²) in [5.41, 5.74) is 11.4. The third kappa shape index (κ3) is 4.09. The van der Waals surface area contributed by atoms with Gasteiger partial charge in [0.15, 0.2) is 11.5 Å². The molecule has 1 amide bonds. The van der Waals surface area contributed by atoms with Crippen molar-refractivity contribution in [3.63, 3.8) is 0 Å². The lowest BCUT2D eigenvalue weighted by Gasteiger charge is -2.15. The van der Waals surface area contributed by atoms with E-state index >= 15 is 0 Å². The van der Waals surface area contributed by atoms with Gasteiger partial charge in [0.05, 0.1) is 20.1 Å². The van der Waals surface area contributed by atoms with E-state index < -0.39 is 5.91 Å². The molecule has 0 radical (unpaired) electrons. The summed E-state index contributed by atoms with van der Waals surface area (Å²) >= 11 is 5.97. The molecule has 0 saturated carbocycles. The second-order valence-electron chi connectivity index (χ2n) is 3.70. The van der Waals surface area contributed by atoms with Crippen LogP contribution in [0.3, 0.4) is 0 Å². The SMILES string of the molecule is COc1cc(Cl)cc(CCN)c1OCCC(N)=O. The summed E-state index contributed by atoms with van der Waals surface area (Å²) in [4.78, 5) is 10.7. The summed E-state index contributed by atoms with van der Waals surface area (Å²) in [5, 5.41) is 0.553. The first-order valence-corrected chi connectivity index (χ1v) is 5.93. The quantitative estimate of drug-likeness (QED) is 0.778. The molecule has 1 aromatic rings. The van der Waals surface area contributed by atoms with Crippen LogP contribution in [-0.4, -0.2) is 26.2 Å². The molecular weight excluding hydrogens is 256 g/mol. The number of benzene rings is 1. The van der Waals surface area contributed by atoms with E-state index in [0.717, 1.165) is 5.56 Å². The highest BCUT2D eigenvalue weighted by Crippen LogP contribution is 2.35. The summed E-state index contributed by atoms with van der Waals surface area (Å²) in [7, 11) is 1.53. The van der Waals surface area contributed by atoms with Crippen molar-refractivity contribution < 1.29 is 14.3 Å². The van der Waals surface area contributed by atoms with Gasteiger partial charge in [-0.25, -0.2) is 0 Å². The second-order valence-corrected chi connectivity index (χ2v) is 4.14. The summed E-state index contributed by atoms with van der Waals surface area (Å²) in [6.45, 7) is 0.667. The van der Waals surface area contributed by atoms with E-state index in [1.165, 1.54) is 7.11 Å². The van der Waals surface area contributed by atoms with E-state index in [2.05, 4.69) is 0 Å². The Balaban J connectivity index is 2.93. The molecule has 0 aliphatic rings. The minimum Gasteiger partial charge on any atom is -0.493 e. The molecule has 18 heavy (non-hydrogen) atoms.